The Morgan fingerprint density at radius 3 is 2.48 bits per heavy atom. The molecule has 1 saturated heterocycles. The van der Waals surface area contributed by atoms with E-state index in [1.165, 1.54) is 17.3 Å². The van der Waals surface area contributed by atoms with E-state index < -0.39 is 0 Å². The van der Waals surface area contributed by atoms with Crippen molar-refractivity contribution < 1.29 is 14.3 Å². The summed E-state index contributed by atoms with van der Waals surface area (Å²) in [6.45, 7) is 7.75. The van der Waals surface area contributed by atoms with Crippen LogP contribution in [0, 0.1) is 13.8 Å². The van der Waals surface area contributed by atoms with Gasteiger partial charge in [-0.05, 0) is 44.5 Å². The van der Waals surface area contributed by atoms with Crippen molar-refractivity contribution in [3.8, 4) is 11.5 Å². The second-order valence-electron chi connectivity index (χ2n) is 6.78. The molecule has 0 aliphatic carbocycles. The molecule has 0 atom stereocenters. The van der Waals surface area contributed by atoms with E-state index in [1.807, 2.05) is 43.3 Å². The molecule has 2 aromatic rings. The van der Waals surface area contributed by atoms with Crippen molar-refractivity contribution in [2.24, 2.45) is 0 Å². The van der Waals surface area contributed by atoms with Crippen LogP contribution in [0.1, 0.15) is 30.0 Å². The van der Waals surface area contributed by atoms with Crippen molar-refractivity contribution >= 4 is 40.3 Å². The molecule has 0 saturated carbocycles. The van der Waals surface area contributed by atoms with Gasteiger partial charge in [0.25, 0.3) is 5.91 Å². The zero-order valence-electron chi connectivity index (χ0n) is 16.9. The van der Waals surface area contributed by atoms with E-state index >= 15 is 0 Å². The highest BCUT2D eigenvalue weighted by atomic mass is 32.2. The Bertz CT molecular complexity index is 939. The van der Waals surface area contributed by atoms with E-state index in [4.69, 9.17) is 21.7 Å². The number of nitrogens with zero attached hydrogens (tertiary/aromatic N) is 1. The molecule has 1 aliphatic rings. The van der Waals surface area contributed by atoms with Gasteiger partial charge < -0.3 is 9.47 Å². The van der Waals surface area contributed by atoms with E-state index in [1.54, 1.807) is 4.90 Å². The average Bonchev–Trinajstić information content (AvgIpc) is 2.96. The Labute approximate surface area is 181 Å². The minimum atomic E-state index is -0.0424. The molecule has 0 unspecified atom stereocenters. The Hall–Kier alpha value is -2.31. The van der Waals surface area contributed by atoms with Gasteiger partial charge >= 0.3 is 0 Å². The van der Waals surface area contributed by atoms with Crippen molar-refractivity contribution in [2.45, 2.75) is 27.2 Å². The smallest absolute Gasteiger partial charge is 0.266 e. The number of aryl methyl sites for hydroxylation is 2. The number of hydrogen-bond donors (Lipinski definition) is 0. The molecule has 1 fully saturated rings. The lowest BCUT2D eigenvalue weighted by Crippen LogP contribution is -2.27. The van der Waals surface area contributed by atoms with Crippen LogP contribution in [0.5, 0.6) is 11.5 Å². The standard InChI is InChI=1S/C23H25NO3S2/c1-4-24-22(25)21(29-23(24)28)15-18-8-5-6-9-20(18)27-13-7-12-26-19-11-10-16(2)14-17(19)3/h5-6,8-11,14-15H,4,7,12-13H2,1-3H3/b21-15+. The van der Waals surface area contributed by atoms with Crippen LogP contribution in [0.4, 0.5) is 0 Å². The first kappa shape index (κ1) is 21.4. The average molecular weight is 428 g/mol. The predicted octanol–water partition coefficient (Wildman–Crippen LogP) is 5.37. The molecule has 6 heteroatoms. The maximum absolute atomic E-state index is 12.4. The number of carbonyl (C=O) groups excluding carboxylic acids is 1. The van der Waals surface area contributed by atoms with Gasteiger partial charge in [-0.1, -0.05) is 59.9 Å². The molecule has 152 valence electrons. The van der Waals surface area contributed by atoms with Crippen molar-refractivity contribution in [3.05, 3.63) is 64.1 Å². The van der Waals surface area contributed by atoms with Gasteiger partial charge in [-0.3, -0.25) is 9.69 Å². The normalized spacial score (nSPS) is 15.3. The molecule has 3 rings (SSSR count). The summed E-state index contributed by atoms with van der Waals surface area (Å²) >= 11 is 6.62. The van der Waals surface area contributed by atoms with Crippen molar-refractivity contribution in [3.63, 3.8) is 0 Å². The fourth-order valence-electron chi connectivity index (χ4n) is 3.03. The third-order valence-corrected chi connectivity index (χ3v) is 5.91. The zero-order chi connectivity index (χ0) is 20.8. The summed E-state index contributed by atoms with van der Waals surface area (Å²) in [6.07, 6.45) is 2.62. The predicted molar refractivity (Wildman–Crippen MR) is 124 cm³/mol. The van der Waals surface area contributed by atoms with Crippen LogP contribution in [0.2, 0.25) is 0 Å². The Balaban J connectivity index is 1.57. The first-order valence-corrected chi connectivity index (χ1v) is 10.9. The maximum Gasteiger partial charge on any atom is 0.266 e. The molecule has 0 N–H and O–H groups in total. The molecule has 1 aliphatic heterocycles. The van der Waals surface area contributed by atoms with Crippen LogP contribution in [0.15, 0.2) is 47.4 Å². The third-order valence-electron chi connectivity index (χ3n) is 4.53. The molecule has 0 radical (unpaired) electrons. The molecule has 29 heavy (non-hydrogen) atoms. The van der Waals surface area contributed by atoms with Crippen LogP contribution < -0.4 is 9.47 Å². The van der Waals surface area contributed by atoms with E-state index in [0.29, 0.717) is 29.0 Å². The summed E-state index contributed by atoms with van der Waals surface area (Å²) in [5.74, 6) is 1.62. The number of thioether (sulfide) groups is 1. The van der Waals surface area contributed by atoms with Crippen molar-refractivity contribution in [2.75, 3.05) is 19.8 Å². The number of amides is 1. The van der Waals surface area contributed by atoms with Crippen LogP contribution >= 0.6 is 24.0 Å². The number of hydrogen-bond acceptors (Lipinski definition) is 5. The van der Waals surface area contributed by atoms with Gasteiger partial charge in [-0.2, -0.15) is 0 Å². The van der Waals surface area contributed by atoms with Gasteiger partial charge in [-0.25, -0.2) is 0 Å². The number of benzene rings is 2. The lowest BCUT2D eigenvalue weighted by atomic mass is 10.1. The quantitative estimate of drug-likeness (QED) is 0.322. The molecular formula is C23H25NO3S2. The van der Waals surface area contributed by atoms with E-state index in [9.17, 15) is 4.79 Å². The Morgan fingerprint density at radius 2 is 1.79 bits per heavy atom. The largest absolute Gasteiger partial charge is 0.493 e. The number of ether oxygens (including phenoxy) is 2. The topological polar surface area (TPSA) is 38.8 Å². The van der Waals surface area contributed by atoms with E-state index in [2.05, 4.69) is 26.0 Å². The van der Waals surface area contributed by atoms with E-state index in [-0.39, 0.29) is 5.91 Å². The Kier molecular flexibility index (Phi) is 7.34. The number of rotatable bonds is 8. The minimum absolute atomic E-state index is 0.0424. The fourth-order valence-corrected chi connectivity index (χ4v) is 4.40. The van der Waals surface area contributed by atoms with Crippen LogP contribution in [-0.2, 0) is 4.79 Å². The highest BCUT2D eigenvalue weighted by Crippen LogP contribution is 2.34. The Morgan fingerprint density at radius 1 is 1.07 bits per heavy atom. The number of thiocarbonyl (C=S) groups is 1. The summed E-state index contributed by atoms with van der Waals surface area (Å²) in [5, 5.41) is 0. The van der Waals surface area contributed by atoms with Gasteiger partial charge in [0.05, 0.1) is 18.1 Å². The second-order valence-corrected chi connectivity index (χ2v) is 8.46. The first-order chi connectivity index (χ1) is 14.0. The number of carbonyl (C=O) groups is 1. The van der Waals surface area contributed by atoms with Crippen LogP contribution in [-0.4, -0.2) is 34.9 Å². The lowest BCUT2D eigenvalue weighted by molar-refractivity contribution is -0.121. The first-order valence-electron chi connectivity index (χ1n) is 9.67. The summed E-state index contributed by atoms with van der Waals surface area (Å²) < 4.78 is 12.4. The highest BCUT2D eigenvalue weighted by Gasteiger charge is 2.30. The number of para-hydroxylation sites is 1. The highest BCUT2D eigenvalue weighted by molar-refractivity contribution is 8.26. The molecule has 0 bridgehead atoms. The second kappa shape index (κ2) is 9.94. The summed E-state index contributed by atoms with van der Waals surface area (Å²) in [5.41, 5.74) is 3.24. The van der Waals surface area contributed by atoms with Gasteiger partial charge in [-0.15, -0.1) is 0 Å². The molecule has 1 amide bonds. The minimum Gasteiger partial charge on any atom is -0.493 e. The maximum atomic E-state index is 12.4. The third kappa shape index (κ3) is 5.40. The van der Waals surface area contributed by atoms with Crippen molar-refractivity contribution in [1.82, 2.24) is 4.90 Å². The SMILES string of the molecule is CCN1C(=O)/C(=C\c2ccccc2OCCCOc2ccc(C)cc2C)SC1=S. The number of likely N-dealkylation sites (N-methyl/N-ethyl adjacent to an activating group) is 1. The molecule has 0 aromatic heterocycles. The monoisotopic (exact) mass is 427 g/mol. The molecule has 1 heterocycles. The van der Waals surface area contributed by atoms with Crippen molar-refractivity contribution in [1.29, 1.82) is 0 Å². The van der Waals surface area contributed by atoms with Gasteiger partial charge in [0, 0.05) is 18.5 Å². The lowest BCUT2D eigenvalue weighted by Gasteiger charge is -2.12. The van der Waals surface area contributed by atoms with E-state index in [0.717, 1.165) is 29.0 Å². The van der Waals surface area contributed by atoms with Gasteiger partial charge in [0.15, 0.2) is 0 Å². The molecule has 4 nitrogen and oxygen atoms in total. The van der Waals surface area contributed by atoms with Crippen LogP contribution in [0.25, 0.3) is 6.08 Å². The zero-order valence-corrected chi connectivity index (χ0v) is 18.6. The molecular weight excluding hydrogens is 402 g/mol. The molecule has 2 aromatic carbocycles. The van der Waals surface area contributed by atoms with Crippen LogP contribution in [0.3, 0.4) is 0 Å². The summed E-state index contributed by atoms with van der Waals surface area (Å²) in [7, 11) is 0. The summed E-state index contributed by atoms with van der Waals surface area (Å²) in [6, 6.07) is 13.9. The summed E-state index contributed by atoms with van der Waals surface area (Å²) in [4.78, 5) is 14.7. The fraction of sp³-hybridized carbons (Fsp3) is 0.304. The van der Waals surface area contributed by atoms with Gasteiger partial charge in [0.2, 0.25) is 0 Å². The molecule has 0 spiro atoms. The van der Waals surface area contributed by atoms with Gasteiger partial charge in [0.1, 0.15) is 15.8 Å².